The van der Waals surface area contributed by atoms with Gasteiger partial charge in [-0.1, -0.05) is 46.6 Å². The quantitative estimate of drug-likeness (QED) is 0.217. The van der Waals surface area contributed by atoms with E-state index >= 15 is 0 Å². The van der Waals surface area contributed by atoms with Gasteiger partial charge in [0, 0.05) is 12.8 Å². The summed E-state index contributed by atoms with van der Waals surface area (Å²) >= 11 is 0. The fourth-order valence-electron chi connectivity index (χ4n) is 3.05. The lowest BCUT2D eigenvalue weighted by atomic mass is 9.93. The van der Waals surface area contributed by atoms with Crippen LogP contribution >= 0.6 is 0 Å². The van der Waals surface area contributed by atoms with Gasteiger partial charge in [0.1, 0.15) is 23.9 Å². The normalized spacial score (nSPS) is 14.9. The second-order valence-corrected chi connectivity index (χ2v) is 10.3. The number of benzene rings is 1. The average Bonchev–Trinajstić information content (AvgIpc) is 2.86. The van der Waals surface area contributed by atoms with Crippen LogP contribution < -0.4 is 15.2 Å². The highest BCUT2D eigenvalue weighted by molar-refractivity contribution is 5.83. The van der Waals surface area contributed by atoms with Crippen molar-refractivity contribution in [3.63, 3.8) is 0 Å². The van der Waals surface area contributed by atoms with Crippen molar-refractivity contribution in [3.8, 4) is 11.5 Å². The predicted octanol–water partition coefficient (Wildman–Crippen LogP) is 5.57. The van der Waals surface area contributed by atoms with Crippen molar-refractivity contribution in [1.82, 2.24) is 0 Å². The molecule has 0 aliphatic rings. The van der Waals surface area contributed by atoms with Crippen LogP contribution in [-0.4, -0.2) is 42.4 Å². The number of rotatable bonds is 15. The fourth-order valence-corrected chi connectivity index (χ4v) is 3.05. The second kappa shape index (κ2) is 16.1. The molecule has 0 amide bonds. The standard InChI is InChI=1S/C29H45NO9/c1-9-11-13-25(31)38-23-16-15-22(17-24(23)39-26(32)14-12-10-2)29(8,30)27(33)35-20(6)21(7)37-28(34)36-19(5)18(3)4/h15-21H,9-14,30H2,1-8H3/t19?,20-,21-,29-/m0/s1. The molecule has 0 fully saturated rings. The first kappa shape index (κ1) is 33.9. The summed E-state index contributed by atoms with van der Waals surface area (Å²) in [5.41, 5.74) is 4.97. The lowest BCUT2D eigenvalue weighted by molar-refractivity contribution is -0.160. The van der Waals surface area contributed by atoms with E-state index in [4.69, 9.17) is 29.4 Å². The van der Waals surface area contributed by atoms with Gasteiger partial charge in [0.15, 0.2) is 11.5 Å². The third-order valence-corrected chi connectivity index (χ3v) is 6.34. The van der Waals surface area contributed by atoms with Gasteiger partial charge in [0.2, 0.25) is 0 Å². The molecule has 1 aromatic carbocycles. The topological polar surface area (TPSA) is 140 Å². The van der Waals surface area contributed by atoms with Gasteiger partial charge < -0.3 is 29.4 Å². The molecular formula is C29H45NO9. The third kappa shape index (κ3) is 11.2. The Bertz CT molecular complexity index is 974. The number of carbonyl (C=O) groups is 4. The fraction of sp³-hybridized carbons (Fsp3) is 0.655. The van der Waals surface area contributed by atoms with E-state index in [0.717, 1.165) is 12.8 Å². The Morgan fingerprint density at radius 1 is 0.769 bits per heavy atom. The first-order valence-electron chi connectivity index (χ1n) is 13.7. The van der Waals surface area contributed by atoms with Crippen molar-refractivity contribution in [2.75, 3.05) is 0 Å². The summed E-state index contributed by atoms with van der Waals surface area (Å²) in [6.45, 7) is 14.1. The Balaban J connectivity index is 3.06. The molecule has 220 valence electrons. The number of carbonyl (C=O) groups excluding carboxylic acids is 4. The molecule has 0 radical (unpaired) electrons. The molecule has 0 heterocycles. The number of nitrogens with two attached hydrogens (primary N) is 1. The van der Waals surface area contributed by atoms with Crippen LogP contribution in [0.1, 0.15) is 99.5 Å². The highest BCUT2D eigenvalue weighted by Gasteiger charge is 2.36. The van der Waals surface area contributed by atoms with Crippen molar-refractivity contribution in [2.24, 2.45) is 11.7 Å². The molecule has 1 aromatic rings. The molecule has 0 bridgehead atoms. The zero-order valence-electron chi connectivity index (χ0n) is 24.5. The minimum Gasteiger partial charge on any atom is -0.457 e. The van der Waals surface area contributed by atoms with Gasteiger partial charge >= 0.3 is 24.1 Å². The van der Waals surface area contributed by atoms with Crippen LogP contribution in [0.25, 0.3) is 0 Å². The highest BCUT2D eigenvalue weighted by Crippen LogP contribution is 2.33. The van der Waals surface area contributed by atoms with E-state index in [1.165, 1.54) is 25.1 Å². The van der Waals surface area contributed by atoms with Gasteiger partial charge in [0.05, 0.1) is 0 Å². The lowest BCUT2D eigenvalue weighted by Crippen LogP contribution is -2.46. The predicted molar refractivity (Wildman–Crippen MR) is 145 cm³/mol. The van der Waals surface area contributed by atoms with Gasteiger partial charge in [0.25, 0.3) is 0 Å². The maximum atomic E-state index is 13.1. The molecule has 0 saturated carbocycles. The molecule has 1 unspecified atom stereocenters. The number of ether oxygens (including phenoxy) is 5. The first-order valence-corrected chi connectivity index (χ1v) is 13.7. The number of unbranched alkanes of at least 4 members (excludes halogenated alkanes) is 2. The van der Waals surface area contributed by atoms with Crippen LogP contribution in [0.2, 0.25) is 0 Å². The van der Waals surface area contributed by atoms with Crippen molar-refractivity contribution in [3.05, 3.63) is 23.8 Å². The van der Waals surface area contributed by atoms with E-state index in [9.17, 15) is 19.2 Å². The molecule has 39 heavy (non-hydrogen) atoms. The summed E-state index contributed by atoms with van der Waals surface area (Å²) < 4.78 is 26.9. The first-order chi connectivity index (χ1) is 18.2. The van der Waals surface area contributed by atoms with Gasteiger partial charge in [-0.2, -0.15) is 0 Å². The maximum absolute atomic E-state index is 13.1. The molecular weight excluding hydrogens is 506 g/mol. The summed E-state index contributed by atoms with van der Waals surface area (Å²) in [4.78, 5) is 49.7. The molecule has 0 aliphatic carbocycles. The second-order valence-electron chi connectivity index (χ2n) is 10.3. The minimum absolute atomic E-state index is 0.0188. The van der Waals surface area contributed by atoms with Gasteiger partial charge in [-0.15, -0.1) is 0 Å². The molecule has 4 atom stereocenters. The zero-order valence-corrected chi connectivity index (χ0v) is 24.5. The molecule has 1 rings (SSSR count). The summed E-state index contributed by atoms with van der Waals surface area (Å²) in [6.07, 6.45) is 0.455. The summed E-state index contributed by atoms with van der Waals surface area (Å²) in [6, 6.07) is 4.33. The van der Waals surface area contributed by atoms with Gasteiger partial charge in [-0.25, -0.2) is 9.59 Å². The Labute approximate surface area is 231 Å². The molecule has 0 saturated heterocycles. The van der Waals surface area contributed by atoms with E-state index in [2.05, 4.69) is 0 Å². The third-order valence-electron chi connectivity index (χ3n) is 6.34. The van der Waals surface area contributed by atoms with Crippen molar-refractivity contribution >= 4 is 24.1 Å². The highest BCUT2D eigenvalue weighted by atomic mass is 16.7. The Morgan fingerprint density at radius 3 is 1.77 bits per heavy atom. The molecule has 0 aromatic heterocycles. The van der Waals surface area contributed by atoms with Crippen molar-refractivity contribution < 1.29 is 42.9 Å². The van der Waals surface area contributed by atoms with Crippen molar-refractivity contribution in [2.45, 2.75) is 118 Å². The Hall–Kier alpha value is -3.14. The lowest BCUT2D eigenvalue weighted by Gasteiger charge is -2.28. The summed E-state index contributed by atoms with van der Waals surface area (Å²) in [5, 5.41) is 0. The number of esters is 3. The van der Waals surface area contributed by atoms with Gasteiger partial charge in [-0.3, -0.25) is 9.59 Å². The van der Waals surface area contributed by atoms with E-state index in [1.807, 2.05) is 27.7 Å². The number of hydrogen-bond donors (Lipinski definition) is 1. The minimum atomic E-state index is -1.67. The largest absolute Gasteiger partial charge is 0.508 e. The van der Waals surface area contributed by atoms with Crippen LogP contribution in [0, 0.1) is 5.92 Å². The van der Waals surface area contributed by atoms with Crippen LogP contribution in [0.3, 0.4) is 0 Å². The Morgan fingerprint density at radius 2 is 1.26 bits per heavy atom. The molecule has 0 spiro atoms. The smallest absolute Gasteiger partial charge is 0.457 e. The molecule has 0 aliphatic heterocycles. The zero-order chi connectivity index (χ0) is 29.8. The summed E-state index contributed by atoms with van der Waals surface area (Å²) in [7, 11) is 0. The van der Waals surface area contributed by atoms with Crippen LogP contribution in [-0.2, 0) is 34.1 Å². The molecule has 10 nitrogen and oxygen atoms in total. The molecule has 10 heteroatoms. The SMILES string of the molecule is CCCCC(=O)Oc1ccc([C@](C)(N)C(=O)O[C@@H](C)[C@H](C)OC(=O)OC(C)C(C)C)cc1OC(=O)CCCC. The van der Waals surface area contributed by atoms with E-state index in [1.54, 1.807) is 20.8 Å². The molecule has 2 N–H and O–H groups in total. The Kier molecular flexibility index (Phi) is 14.0. The van der Waals surface area contributed by atoms with E-state index in [0.29, 0.717) is 12.8 Å². The number of hydrogen-bond acceptors (Lipinski definition) is 10. The average molecular weight is 552 g/mol. The van der Waals surface area contributed by atoms with Crippen LogP contribution in [0.5, 0.6) is 11.5 Å². The monoisotopic (exact) mass is 551 g/mol. The van der Waals surface area contributed by atoms with Crippen molar-refractivity contribution in [1.29, 1.82) is 0 Å². The maximum Gasteiger partial charge on any atom is 0.508 e. The van der Waals surface area contributed by atoms with Gasteiger partial charge in [-0.05, 0) is 64.2 Å². The van der Waals surface area contributed by atoms with Crippen LogP contribution in [0.15, 0.2) is 18.2 Å². The van der Waals surface area contributed by atoms with E-state index < -0.39 is 41.8 Å². The van der Waals surface area contributed by atoms with E-state index in [-0.39, 0.29) is 41.9 Å². The van der Waals surface area contributed by atoms with Crippen LogP contribution in [0.4, 0.5) is 4.79 Å². The summed E-state index contributed by atoms with van der Waals surface area (Å²) in [5.74, 6) is -1.62.